The first-order valence-corrected chi connectivity index (χ1v) is 11.1. The third kappa shape index (κ3) is 6.66. The van der Waals surface area contributed by atoms with Crippen LogP contribution in [0.25, 0.3) is 0 Å². The normalized spacial score (nSPS) is 23.9. The summed E-state index contributed by atoms with van der Waals surface area (Å²) in [6, 6.07) is -0.334. The van der Waals surface area contributed by atoms with Gasteiger partial charge in [-0.15, -0.1) is 0 Å². The number of rotatable bonds is 6. The molecule has 3 nitrogen and oxygen atoms in total. The van der Waals surface area contributed by atoms with E-state index >= 15 is 0 Å². The Balaban J connectivity index is 1.93. The first-order chi connectivity index (χ1) is 13.2. The Hall–Kier alpha value is -1.81. The lowest BCUT2D eigenvalue weighted by atomic mass is 9.72. The standard InChI is InChI=1S/C24H33NO2S/c1-17(11-12-20-19(3)10-7-14-24(20,4)5)8-6-9-18(2)16-22(26)25-21-13-15-28-23(21)27/h6,8-9,11-12,16,21H,7,10,13-15H2,1-5H3,(H,25,26)/b9-6+,12-11+,17-8-,18-16-. The van der Waals surface area contributed by atoms with Gasteiger partial charge in [0, 0.05) is 11.8 Å². The molecule has 0 aromatic carbocycles. The van der Waals surface area contributed by atoms with Crippen LogP contribution in [0.15, 0.2) is 58.7 Å². The number of amides is 1. The van der Waals surface area contributed by atoms with Gasteiger partial charge in [0.2, 0.25) is 11.0 Å². The van der Waals surface area contributed by atoms with Gasteiger partial charge in [0.1, 0.15) is 0 Å². The van der Waals surface area contributed by atoms with Crippen LogP contribution in [0.1, 0.15) is 60.3 Å². The van der Waals surface area contributed by atoms with Crippen LogP contribution in [0.4, 0.5) is 0 Å². The second kappa shape index (κ2) is 10.1. The molecular formula is C24H33NO2S. The predicted molar refractivity (Wildman–Crippen MR) is 120 cm³/mol. The fraction of sp³-hybridized carbons (Fsp3) is 0.500. The molecule has 1 N–H and O–H groups in total. The zero-order valence-electron chi connectivity index (χ0n) is 17.8. The summed E-state index contributed by atoms with van der Waals surface area (Å²) in [6.07, 6.45) is 16.3. The van der Waals surface area contributed by atoms with Gasteiger partial charge in [0.15, 0.2) is 0 Å². The van der Waals surface area contributed by atoms with E-state index in [9.17, 15) is 9.59 Å². The molecule has 4 heteroatoms. The van der Waals surface area contributed by atoms with Gasteiger partial charge >= 0.3 is 0 Å². The molecule has 1 aliphatic heterocycles. The van der Waals surface area contributed by atoms with Crippen molar-refractivity contribution in [3.63, 3.8) is 0 Å². The monoisotopic (exact) mass is 399 g/mol. The molecular weight excluding hydrogens is 366 g/mol. The summed E-state index contributed by atoms with van der Waals surface area (Å²) in [5.74, 6) is 0.586. The van der Waals surface area contributed by atoms with Crippen molar-refractivity contribution in [1.82, 2.24) is 5.32 Å². The van der Waals surface area contributed by atoms with E-state index in [2.05, 4.69) is 51.2 Å². The summed E-state index contributed by atoms with van der Waals surface area (Å²) in [7, 11) is 0. The Morgan fingerprint density at radius 2 is 1.96 bits per heavy atom. The van der Waals surface area contributed by atoms with Gasteiger partial charge in [-0.05, 0) is 63.0 Å². The molecule has 0 saturated carbocycles. The highest BCUT2D eigenvalue weighted by atomic mass is 32.2. The fourth-order valence-electron chi connectivity index (χ4n) is 3.73. The summed E-state index contributed by atoms with van der Waals surface area (Å²) in [6.45, 7) is 10.9. The van der Waals surface area contributed by atoms with E-state index in [0.717, 1.165) is 17.7 Å². The van der Waals surface area contributed by atoms with Gasteiger partial charge in [-0.25, -0.2) is 0 Å². The smallest absolute Gasteiger partial charge is 0.244 e. The largest absolute Gasteiger partial charge is 0.342 e. The maximum Gasteiger partial charge on any atom is 0.244 e. The van der Waals surface area contributed by atoms with E-state index in [1.54, 1.807) is 6.08 Å². The fourth-order valence-corrected chi connectivity index (χ4v) is 4.66. The summed E-state index contributed by atoms with van der Waals surface area (Å²) >= 11 is 1.29. The van der Waals surface area contributed by atoms with Crippen molar-refractivity contribution in [2.24, 2.45) is 5.41 Å². The van der Waals surface area contributed by atoms with E-state index in [4.69, 9.17) is 0 Å². The summed E-state index contributed by atoms with van der Waals surface area (Å²) in [5, 5.41) is 2.84. The van der Waals surface area contributed by atoms with Gasteiger partial charge in [0.05, 0.1) is 6.04 Å². The SMILES string of the molecule is CC1=C(/C=C/C(C)=C\C=C\C(C)=C/C(=O)NC2CCSC2=O)C(C)(C)CCC1. The maximum atomic E-state index is 12.0. The molecule has 0 radical (unpaired) electrons. The number of carbonyl (C=O) groups is 2. The minimum atomic E-state index is -0.334. The molecule has 28 heavy (non-hydrogen) atoms. The quantitative estimate of drug-likeness (QED) is 0.462. The minimum Gasteiger partial charge on any atom is -0.342 e. The van der Waals surface area contributed by atoms with Crippen molar-refractivity contribution >= 4 is 22.8 Å². The second-order valence-corrected chi connectivity index (χ2v) is 9.54. The topological polar surface area (TPSA) is 46.2 Å². The number of nitrogens with one attached hydrogen (secondary N) is 1. The van der Waals surface area contributed by atoms with Gasteiger partial charge in [-0.3, -0.25) is 9.59 Å². The van der Waals surface area contributed by atoms with Gasteiger partial charge in [-0.1, -0.05) is 67.1 Å². The molecule has 1 amide bonds. The molecule has 0 bridgehead atoms. The lowest BCUT2D eigenvalue weighted by molar-refractivity contribution is -0.121. The first-order valence-electron chi connectivity index (χ1n) is 10.1. The number of carbonyl (C=O) groups excluding carboxylic acids is 2. The number of thioether (sulfide) groups is 1. The highest BCUT2D eigenvalue weighted by Crippen LogP contribution is 2.40. The van der Waals surface area contributed by atoms with Crippen molar-refractivity contribution in [1.29, 1.82) is 0 Å². The summed E-state index contributed by atoms with van der Waals surface area (Å²) in [5.41, 5.74) is 5.24. The van der Waals surface area contributed by atoms with Crippen LogP contribution >= 0.6 is 11.8 Å². The Morgan fingerprint density at radius 3 is 2.61 bits per heavy atom. The van der Waals surface area contributed by atoms with Crippen molar-refractivity contribution < 1.29 is 9.59 Å². The lowest BCUT2D eigenvalue weighted by Crippen LogP contribution is -2.36. The van der Waals surface area contributed by atoms with Gasteiger partial charge < -0.3 is 5.32 Å². The Labute approximate surface area is 174 Å². The Morgan fingerprint density at radius 1 is 1.21 bits per heavy atom. The van der Waals surface area contributed by atoms with Crippen LogP contribution in [0.3, 0.4) is 0 Å². The minimum absolute atomic E-state index is 0.0618. The number of hydrogen-bond acceptors (Lipinski definition) is 3. The summed E-state index contributed by atoms with van der Waals surface area (Å²) in [4.78, 5) is 23.6. The third-order valence-electron chi connectivity index (χ3n) is 5.38. The van der Waals surface area contributed by atoms with Gasteiger partial charge in [0.25, 0.3) is 0 Å². The first kappa shape index (κ1) is 22.5. The molecule has 1 heterocycles. The van der Waals surface area contributed by atoms with E-state index in [1.807, 2.05) is 19.1 Å². The predicted octanol–water partition coefficient (Wildman–Crippen LogP) is 5.67. The van der Waals surface area contributed by atoms with E-state index in [1.165, 1.54) is 47.7 Å². The number of hydrogen-bond donors (Lipinski definition) is 1. The molecule has 1 fully saturated rings. The molecule has 1 atom stereocenters. The summed E-state index contributed by atoms with van der Waals surface area (Å²) < 4.78 is 0. The zero-order valence-corrected chi connectivity index (χ0v) is 18.6. The highest BCUT2D eigenvalue weighted by Gasteiger charge is 2.27. The van der Waals surface area contributed by atoms with E-state index in [0.29, 0.717) is 0 Å². The molecule has 0 spiro atoms. The van der Waals surface area contributed by atoms with Crippen LogP contribution in [-0.4, -0.2) is 22.8 Å². The van der Waals surface area contributed by atoms with Crippen LogP contribution in [0, 0.1) is 5.41 Å². The molecule has 0 aromatic rings. The molecule has 1 saturated heterocycles. The van der Waals surface area contributed by atoms with Crippen molar-refractivity contribution in [3.8, 4) is 0 Å². The van der Waals surface area contributed by atoms with Crippen molar-refractivity contribution in [3.05, 3.63) is 58.7 Å². The average Bonchev–Trinajstić information content (AvgIpc) is 2.98. The second-order valence-electron chi connectivity index (χ2n) is 8.44. The Kier molecular flexibility index (Phi) is 8.11. The molecule has 0 aromatic heterocycles. The zero-order chi connectivity index (χ0) is 20.7. The molecule has 1 aliphatic carbocycles. The van der Waals surface area contributed by atoms with Gasteiger partial charge in [-0.2, -0.15) is 0 Å². The number of allylic oxidation sites excluding steroid dienone is 9. The van der Waals surface area contributed by atoms with E-state index in [-0.39, 0.29) is 22.5 Å². The molecule has 2 aliphatic rings. The van der Waals surface area contributed by atoms with Crippen LogP contribution in [0.2, 0.25) is 0 Å². The maximum absolute atomic E-state index is 12.0. The molecule has 2 rings (SSSR count). The molecule has 152 valence electrons. The van der Waals surface area contributed by atoms with E-state index < -0.39 is 0 Å². The third-order valence-corrected chi connectivity index (χ3v) is 6.39. The van der Waals surface area contributed by atoms with Crippen molar-refractivity contribution in [2.75, 3.05) is 5.75 Å². The van der Waals surface area contributed by atoms with Crippen LogP contribution in [-0.2, 0) is 9.59 Å². The molecule has 1 unspecified atom stereocenters. The lowest BCUT2D eigenvalue weighted by Gasteiger charge is -2.32. The van der Waals surface area contributed by atoms with Crippen LogP contribution in [0.5, 0.6) is 0 Å². The Bertz CT molecular complexity index is 765. The van der Waals surface area contributed by atoms with Crippen LogP contribution < -0.4 is 5.32 Å². The average molecular weight is 400 g/mol. The van der Waals surface area contributed by atoms with Crippen molar-refractivity contribution in [2.45, 2.75) is 66.3 Å². The highest BCUT2D eigenvalue weighted by molar-refractivity contribution is 8.14.